The maximum Gasteiger partial charge on any atom is 0.236 e. The number of carbonyl (C=O) groups is 2. The van der Waals surface area contributed by atoms with E-state index in [1.54, 1.807) is 19.0 Å². The third-order valence-electron chi connectivity index (χ3n) is 3.57. The van der Waals surface area contributed by atoms with Crippen LogP contribution in [0.3, 0.4) is 0 Å². The molecule has 0 aromatic heterocycles. The highest BCUT2D eigenvalue weighted by Crippen LogP contribution is 2.25. The number of benzene rings is 1. The molecule has 0 aliphatic carbocycles. The average Bonchev–Trinajstić information content (AvgIpc) is 2.47. The van der Waals surface area contributed by atoms with Gasteiger partial charge in [0.2, 0.25) is 5.91 Å². The standard InChI is InChI=1S/C17H25BrN2O2/c1-12(2)17(22)15(13-5-7-14(18)8-6-13)9-10-19-11-16(21)20(3)4/h5-8,12,15,19H,9-11H2,1-4H3/t15-/m1/s1. The highest BCUT2D eigenvalue weighted by atomic mass is 79.9. The largest absolute Gasteiger partial charge is 0.348 e. The third kappa shape index (κ3) is 5.89. The lowest BCUT2D eigenvalue weighted by atomic mass is 9.86. The van der Waals surface area contributed by atoms with E-state index in [-0.39, 0.29) is 23.5 Å². The molecule has 4 nitrogen and oxygen atoms in total. The Morgan fingerprint density at radius 2 is 1.77 bits per heavy atom. The monoisotopic (exact) mass is 368 g/mol. The Balaban J connectivity index is 2.66. The van der Waals surface area contributed by atoms with Gasteiger partial charge >= 0.3 is 0 Å². The van der Waals surface area contributed by atoms with E-state index in [0.717, 1.165) is 10.0 Å². The highest BCUT2D eigenvalue weighted by Gasteiger charge is 2.22. The fourth-order valence-corrected chi connectivity index (χ4v) is 2.43. The summed E-state index contributed by atoms with van der Waals surface area (Å²) in [5.74, 6) is 0.144. The minimum Gasteiger partial charge on any atom is -0.348 e. The number of nitrogens with one attached hydrogen (secondary N) is 1. The molecule has 22 heavy (non-hydrogen) atoms. The Morgan fingerprint density at radius 1 is 1.18 bits per heavy atom. The molecule has 0 radical (unpaired) electrons. The zero-order valence-corrected chi connectivity index (χ0v) is 15.3. The van der Waals surface area contributed by atoms with Crippen molar-refractivity contribution >= 4 is 27.6 Å². The summed E-state index contributed by atoms with van der Waals surface area (Å²) < 4.78 is 1.00. The third-order valence-corrected chi connectivity index (χ3v) is 4.10. The molecule has 0 saturated carbocycles. The van der Waals surface area contributed by atoms with E-state index >= 15 is 0 Å². The van der Waals surface area contributed by atoms with E-state index in [2.05, 4.69) is 21.2 Å². The molecule has 1 atom stereocenters. The molecule has 0 spiro atoms. The van der Waals surface area contributed by atoms with Crippen molar-refractivity contribution in [3.63, 3.8) is 0 Å². The summed E-state index contributed by atoms with van der Waals surface area (Å²) >= 11 is 3.41. The highest BCUT2D eigenvalue weighted by molar-refractivity contribution is 9.10. The van der Waals surface area contributed by atoms with E-state index < -0.39 is 0 Å². The van der Waals surface area contributed by atoms with Gasteiger partial charge in [0, 0.05) is 30.4 Å². The minimum absolute atomic E-state index is 0.00273. The van der Waals surface area contributed by atoms with Crippen molar-refractivity contribution in [2.75, 3.05) is 27.2 Å². The summed E-state index contributed by atoms with van der Waals surface area (Å²) in [4.78, 5) is 25.5. The molecule has 0 unspecified atom stereocenters. The molecular weight excluding hydrogens is 344 g/mol. The van der Waals surface area contributed by atoms with Crippen molar-refractivity contribution in [1.82, 2.24) is 10.2 Å². The summed E-state index contributed by atoms with van der Waals surface area (Å²) in [6, 6.07) is 7.89. The van der Waals surface area contributed by atoms with Gasteiger partial charge in [-0.15, -0.1) is 0 Å². The Morgan fingerprint density at radius 3 is 2.27 bits per heavy atom. The average molecular weight is 369 g/mol. The van der Waals surface area contributed by atoms with Gasteiger partial charge in [-0.2, -0.15) is 0 Å². The van der Waals surface area contributed by atoms with E-state index in [1.165, 1.54) is 0 Å². The zero-order chi connectivity index (χ0) is 16.7. The Labute approximate surface area is 141 Å². The predicted octanol–water partition coefficient (Wildman–Crippen LogP) is 2.83. The van der Waals surface area contributed by atoms with Crippen molar-refractivity contribution in [3.05, 3.63) is 34.3 Å². The molecule has 1 rings (SSSR count). The lowest BCUT2D eigenvalue weighted by Crippen LogP contribution is -2.34. The molecule has 1 amide bonds. The maximum atomic E-state index is 12.5. The number of ketones is 1. The second kappa shape index (κ2) is 9.06. The smallest absolute Gasteiger partial charge is 0.236 e. The van der Waals surface area contributed by atoms with Crippen LogP contribution in [0.25, 0.3) is 0 Å². The normalized spacial score (nSPS) is 12.3. The van der Waals surface area contributed by atoms with Gasteiger partial charge in [0.25, 0.3) is 0 Å². The first-order chi connectivity index (χ1) is 10.3. The van der Waals surface area contributed by atoms with E-state index in [9.17, 15) is 9.59 Å². The van der Waals surface area contributed by atoms with Crippen molar-refractivity contribution in [1.29, 1.82) is 0 Å². The van der Waals surface area contributed by atoms with Crippen LogP contribution in [-0.4, -0.2) is 43.8 Å². The molecule has 5 heteroatoms. The molecule has 1 aromatic rings. The van der Waals surface area contributed by atoms with Crippen molar-refractivity contribution < 1.29 is 9.59 Å². The van der Waals surface area contributed by atoms with Crippen LogP contribution in [0.5, 0.6) is 0 Å². The van der Waals surface area contributed by atoms with Crippen molar-refractivity contribution in [2.45, 2.75) is 26.2 Å². The molecule has 0 aliphatic rings. The molecule has 0 bridgehead atoms. The summed E-state index contributed by atoms with van der Waals surface area (Å²) in [6.45, 7) is 4.79. The summed E-state index contributed by atoms with van der Waals surface area (Å²) in [5.41, 5.74) is 1.03. The van der Waals surface area contributed by atoms with E-state index in [0.29, 0.717) is 19.5 Å². The number of carbonyl (C=O) groups excluding carboxylic acids is 2. The van der Waals surface area contributed by atoms with Gasteiger partial charge in [0.15, 0.2) is 0 Å². The molecule has 1 aromatic carbocycles. The Bertz CT molecular complexity index is 498. The number of halogens is 1. The quantitative estimate of drug-likeness (QED) is 0.717. The predicted molar refractivity (Wildman–Crippen MR) is 92.9 cm³/mol. The fraction of sp³-hybridized carbons (Fsp3) is 0.529. The first kappa shape index (κ1) is 18.8. The second-order valence-electron chi connectivity index (χ2n) is 5.91. The van der Waals surface area contributed by atoms with Crippen LogP contribution in [0.15, 0.2) is 28.7 Å². The van der Waals surface area contributed by atoms with Crippen LogP contribution in [0.4, 0.5) is 0 Å². The number of rotatable bonds is 8. The molecule has 0 fully saturated rings. The first-order valence-electron chi connectivity index (χ1n) is 7.53. The zero-order valence-electron chi connectivity index (χ0n) is 13.7. The first-order valence-corrected chi connectivity index (χ1v) is 8.32. The van der Waals surface area contributed by atoms with E-state index in [4.69, 9.17) is 0 Å². The molecule has 0 aliphatic heterocycles. The molecule has 0 saturated heterocycles. The number of hydrogen-bond acceptors (Lipinski definition) is 3. The van der Waals surface area contributed by atoms with Gasteiger partial charge in [-0.3, -0.25) is 9.59 Å². The lowest BCUT2D eigenvalue weighted by Gasteiger charge is -2.19. The maximum absolute atomic E-state index is 12.5. The van der Waals surface area contributed by atoms with Crippen LogP contribution < -0.4 is 5.32 Å². The number of hydrogen-bond donors (Lipinski definition) is 1. The van der Waals surface area contributed by atoms with Crippen LogP contribution >= 0.6 is 15.9 Å². The topological polar surface area (TPSA) is 49.4 Å². The van der Waals surface area contributed by atoms with Gasteiger partial charge in [-0.1, -0.05) is 41.9 Å². The SMILES string of the molecule is CC(C)C(=O)[C@H](CCNCC(=O)N(C)C)c1ccc(Br)cc1. The minimum atomic E-state index is -0.130. The molecule has 122 valence electrons. The van der Waals surface area contributed by atoms with Crippen molar-refractivity contribution in [3.8, 4) is 0 Å². The van der Waals surface area contributed by atoms with Gasteiger partial charge < -0.3 is 10.2 Å². The summed E-state index contributed by atoms with van der Waals surface area (Å²) in [7, 11) is 3.47. The summed E-state index contributed by atoms with van der Waals surface area (Å²) in [5, 5.41) is 3.12. The van der Waals surface area contributed by atoms with E-state index in [1.807, 2.05) is 38.1 Å². The number of Topliss-reactive ketones (excluding diaryl/α,β-unsaturated/α-hetero) is 1. The lowest BCUT2D eigenvalue weighted by molar-refractivity contribution is -0.127. The van der Waals surface area contributed by atoms with Crippen LogP contribution in [0.1, 0.15) is 31.7 Å². The van der Waals surface area contributed by atoms with Crippen LogP contribution in [0.2, 0.25) is 0 Å². The van der Waals surface area contributed by atoms with Crippen LogP contribution in [0, 0.1) is 5.92 Å². The summed E-state index contributed by atoms with van der Waals surface area (Å²) in [6.07, 6.45) is 0.694. The number of likely N-dealkylation sites (N-methyl/N-ethyl adjacent to an activating group) is 1. The Kier molecular flexibility index (Phi) is 7.76. The number of amides is 1. The fourth-order valence-electron chi connectivity index (χ4n) is 2.17. The van der Waals surface area contributed by atoms with Gasteiger partial charge in [0.1, 0.15) is 5.78 Å². The Hall–Kier alpha value is -1.20. The molecular formula is C17H25BrN2O2. The van der Waals surface area contributed by atoms with Crippen LogP contribution in [-0.2, 0) is 9.59 Å². The second-order valence-corrected chi connectivity index (χ2v) is 6.83. The molecule has 0 heterocycles. The number of nitrogens with zero attached hydrogens (tertiary/aromatic N) is 1. The van der Waals surface area contributed by atoms with Gasteiger partial charge in [0.05, 0.1) is 6.54 Å². The van der Waals surface area contributed by atoms with Gasteiger partial charge in [-0.25, -0.2) is 0 Å². The van der Waals surface area contributed by atoms with Crippen molar-refractivity contribution in [2.24, 2.45) is 5.92 Å². The van der Waals surface area contributed by atoms with Gasteiger partial charge in [-0.05, 0) is 30.7 Å². The molecule has 1 N–H and O–H groups in total.